The summed E-state index contributed by atoms with van der Waals surface area (Å²) in [6.07, 6.45) is 0. The number of halogens is 3. The monoisotopic (exact) mass is 435 g/mol. The molecular weight excluding hydrogens is 428 g/mol. The second-order valence-corrected chi connectivity index (χ2v) is 5.84. The molecule has 2 rings (SSSR count). The van der Waals surface area contributed by atoms with Gasteiger partial charge in [0.1, 0.15) is 11.6 Å². The van der Waals surface area contributed by atoms with E-state index >= 15 is 0 Å². The first-order valence-corrected chi connectivity index (χ1v) is 7.09. The van der Waals surface area contributed by atoms with Gasteiger partial charge in [0.2, 0.25) is 0 Å². The summed E-state index contributed by atoms with van der Waals surface area (Å²) in [5.41, 5.74) is 0.615. The van der Waals surface area contributed by atoms with Gasteiger partial charge in [0.05, 0.1) is 10.0 Å². The quantitative estimate of drug-likeness (QED) is 0.696. The predicted molar refractivity (Wildman–Crippen MR) is 82.9 cm³/mol. The second-order valence-electron chi connectivity index (χ2n) is 3.74. The summed E-state index contributed by atoms with van der Waals surface area (Å²) in [6.45, 7) is 0. The Hall–Kier alpha value is -1.15. The fourth-order valence-electron chi connectivity index (χ4n) is 1.46. The van der Waals surface area contributed by atoms with Gasteiger partial charge in [-0.15, -0.1) is 0 Å². The Balaban J connectivity index is 2.25. The van der Waals surface area contributed by atoms with E-state index < -0.39 is 11.7 Å². The summed E-state index contributed by atoms with van der Waals surface area (Å²) in [6, 6.07) is 8.87. The number of amides is 1. The standard InChI is InChI=1S/C13H8BrFINO2/c14-10-6-8(2-3-11(10)15)17-13(19)9-5-7(16)1-4-12(9)18/h1-6,18H,(H,17,19). The van der Waals surface area contributed by atoms with Crippen LogP contribution in [-0.4, -0.2) is 11.0 Å². The van der Waals surface area contributed by atoms with Crippen molar-refractivity contribution >= 4 is 50.1 Å². The number of carbonyl (C=O) groups excluding carboxylic acids is 1. The highest BCUT2D eigenvalue weighted by molar-refractivity contribution is 14.1. The molecule has 2 aromatic rings. The highest BCUT2D eigenvalue weighted by atomic mass is 127. The summed E-state index contributed by atoms with van der Waals surface area (Å²) in [4.78, 5) is 12.0. The van der Waals surface area contributed by atoms with Gasteiger partial charge >= 0.3 is 0 Å². The van der Waals surface area contributed by atoms with Gasteiger partial charge in [-0.05, 0) is 74.9 Å². The fourth-order valence-corrected chi connectivity index (χ4v) is 2.33. The average Bonchev–Trinajstić information content (AvgIpc) is 2.36. The van der Waals surface area contributed by atoms with Crippen LogP contribution in [0.2, 0.25) is 0 Å². The van der Waals surface area contributed by atoms with E-state index in [1.165, 1.54) is 24.3 Å². The summed E-state index contributed by atoms with van der Waals surface area (Å²) < 4.78 is 14.2. The van der Waals surface area contributed by atoms with E-state index in [4.69, 9.17) is 0 Å². The van der Waals surface area contributed by atoms with Gasteiger partial charge in [-0.25, -0.2) is 4.39 Å². The van der Waals surface area contributed by atoms with Crippen LogP contribution in [0.25, 0.3) is 0 Å². The third kappa shape index (κ3) is 3.44. The van der Waals surface area contributed by atoms with E-state index in [2.05, 4.69) is 21.2 Å². The van der Waals surface area contributed by atoms with Crippen LogP contribution in [0.5, 0.6) is 5.75 Å². The molecule has 0 bridgehead atoms. The van der Waals surface area contributed by atoms with Crippen LogP contribution in [0.1, 0.15) is 10.4 Å². The van der Waals surface area contributed by atoms with Crippen LogP contribution < -0.4 is 5.32 Å². The number of rotatable bonds is 2. The molecule has 0 radical (unpaired) electrons. The number of hydrogen-bond acceptors (Lipinski definition) is 2. The van der Waals surface area contributed by atoms with Gasteiger partial charge in [0, 0.05) is 9.26 Å². The summed E-state index contributed by atoms with van der Waals surface area (Å²) in [7, 11) is 0. The fraction of sp³-hybridized carbons (Fsp3) is 0. The molecule has 19 heavy (non-hydrogen) atoms. The van der Waals surface area contributed by atoms with Crippen molar-refractivity contribution in [3.05, 3.63) is 55.8 Å². The molecular formula is C13H8BrFINO2. The largest absolute Gasteiger partial charge is 0.507 e. The SMILES string of the molecule is O=C(Nc1ccc(F)c(Br)c1)c1cc(I)ccc1O. The number of phenols is 1. The number of hydrogen-bond donors (Lipinski definition) is 2. The molecule has 0 fully saturated rings. The predicted octanol–water partition coefficient (Wildman–Crippen LogP) is 4.15. The van der Waals surface area contributed by atoms with Crippen molar-refractivity contribution in [2.75, 3.05) is 5.32 Å². The highest BCUT2D eigenvalue weighted by Crippen LogP contribution is 2.23. The lowest BCUT2D eigenvalue weighted by molar-refractivity contribution is 0.102. The van der Waals surface area contributed by atoms with Crippen LogP contribution in [0.4, 0.5) is 10.1 Å². The van der Waals surface area contributed by atoms with Crippen LogP contribution in [0.15, 0.2) is 40.9 Å². The first-order valence-electron chi connectivity index (χ1n) is 5.22. The summed E-state index contributed by atoms with van der Waals surface area (Å²) in [5, 5.41) is 12.2. The molecule has 1 amide bonds. The minimum Gasteiger partial charge on any atom is -0.507 e. The number of anilines is 1. The van der Waals surface area contributed by atoms with Gasteiger partial charge in [-0.2, -0.15) is 0 Å². The minimum atomic E-state index is -0.450. The maximum absolute atomic E-state index is 13.1. The normalized spacial score (nSPS) is 10.3. The maximum Gasteiger partial charge on any atom is 0.259 e. The molecule has 6 heteroatoms. The molecule has 2 aromatic carbocycles. The number of aromatic hydroxyl groups is 1. The Kier molecular flexibility index (Phi) is 4.41. The molecule has 0 aromatic heterocycles. The van der Waals surface area contributed by atoms with Crippen molar-refractivity contribution in [3.8, 4) is 5.75 Å². The third-order valence-corrected chi connectivity index (χ3v) is 3.66. The van der Waals surface area contributed by atoms with Crippen LogP contribution in [0.3, 0.4) is 0 Å². The van der Waals surface area contributed by atoms with E-state index in [-0.39, 0.29) is 15.8 Å². The Bertz CT molecular complexity index is 649. The first-order chi connectivity index (χ1) is 8.97. The summed E-state index contributed by atoms with van der Waals surface area (Å²) in [5.74, 6) is -0.955. The Morgan fingerprint density at radius 2 is 2.00 bits per heavy atom. The molecule has 0 saturated heterocycles. The molecule has 0 saturated carbocycles. The Morgan fingerprint density at radius 3 is 2.68 bits per heavy atom. The number of phenolic OH excluding ortho intramolecular Hbond substituents is 1. The molecule has 3 nitrogen and oxygen atoms in total. The summed E-state index contributed by atoms with van der Waals surface area (Å²) >= 11 is 5.09. The molecule has 0 unspecified atom stereocenters. The van der Waals surface area contributed by atoms with Crippen molar-refractivity contribution in [3.63, 3.8) is 0 Å². The molecule has 0 atom stereocenters. The maximum atomic E-state index is 13.1. The van der Waals surface area contributed by atoms with E-state index in [0.717, 1.165) is 3.57 Å². The van der Waals surface area contributed by atoms with Crippen molar-refractivity contribution in [2.45, 2.75) is 0 Å². The third-order valence-electron chi connectivity index (χ3n) is 2.38. The van der Waals surface area contributed by atoms with Crippen LogP contribution in [0, 0.1) is 9.39 Å². The number of nitrogens with one attached hydrogen (secondary N) is 1. The van der Waals surface area contributed by atoms with Crippen LogP contribution in [-0.2, 0) is 0 Å². The minimum absolute atomic E-state index is 0.0981. The number of benzene rings is 2. The zero-order valence-electron chi connectivity index (χ0n) is 9.45. The molecule has 0 aliphatic heterocycles. The zero-order valence-corrected chi connectivity index (χ0v) is 13.2. The zero-order chi connectivity index (χ0) is 14.0. The van der Waals surface area contributed by atoms with Crippen molar-refractivity contribution in [2.24, 2.45) is 0 Å². The molecule has 0 spiro atoms. The average molecular weight is 436 g/mol. The lowest BCUT2D eigenvalue weighted by Gasteiger charge is -2.08. The molecule has 98 valence electrons. The number of carbonyl (C=O) groups is 1. The van der Waals surface area contributed by atoms with E-state index in [9.17, 15) is 14.3 Å². The van der Waals surface area contributed by atoms with Gasteiger partial charge in [0.15, 0.2) is 0 Å². The Morgan fingerprint density at radius 1 is 1.26 bits per heavy atom. The molecule has 2 N–H and O–H groups in total. The highest BCUT2D eigenvalue weighted by Gasteiger charge is 2.12. The second kappa shape index (κ2) is 5.87. The van der Waals surface area contributed by atoms with Crippen molar-refractivity contribution in [1.29, 1.82) is 0 Å². The van der Waals surface area contributed by atoms with Crippen LogP contribution >= 0.6 is 38.5 Å². The van der Waals surface area contributed by atoms with E-state index in [1.807, 2.05) is 22.6 Å². The Labute approximate surface area is 131 Å². The van der Waals surface area contributed by atoms with Gasteiger partial charge < -0.3 is 10.4 Å². The van der Waals surface area contributed by atoms with Gasteiger partial charge in [-0.1, -0.05) is 0 Å². The smallest absolute Gasteiger partial charge is 0.259 e. The van der Waals surface area contributed by atoms with Gasteiger partial charge in [0.25, 0.3) is 5.91 Å². The lowest BCUT2D eigenvalue weighted by atomic mass is 10.2. The molecule has 0 aliphatic carbocycles. The van der Waals surface area contributed by atoms with Crippen molar-refractivity contribution in [1.82, 2.24) is 0 Å². The first kappa shape index (κ1) is 14.3. The van der Waals surface area contributed by atoms with Gasteiger partial charge in [-0.3, -0.25) is 4.79 Å². The molecule has 0 heterocycles. The van der Waals surface area contributed by atoms with E-state index in [0.29, 0.717) is 5.69 Å². The topological polar surface area (TPSA) is 49.3 Å². The molecule has 0 aliphatic rings. The lowest BCUT2D eigenvalue weighted by Crippen LogP contribution is -2.12. The van der Waals surface area contributed by atoms with E-state index in [1.54, 1.807) is 12.1 Å². The van der Waals surface area contributed by atoms with Crippen molar-refractivity contribution < 1.29 is 14.3 Å².